The van der Waals surface area contributed by atoms with E-state index >= 15 is 0 Å². The summed E-state index contributed by atoms with van der Waals surface area (Å²) in [6.07, 6.45) is 2.39. The summed E-state index contributed by atoms with van der Waals surface area (Å²) in [7, 11) is -3.55. The van der Waals surface area contributed by atoms with Gasteiger partial charge in [0.15, 0.2) is 0 Å². The molecule has 0 spiro atoms. The number of nitrogens with one attached hydrogen (secondary N) is 1. The number of hydrogen-bond acceptors (Lipinski definition) is 4. The van der Waals surface area contributed by atoms with Crippen molar-refractivity contribution in [1.82, 2.24) is 4.31 Å². The normalized spacial score (nSPS) is 15.9. The number of carbonyl (C=O) groups is 2. The Balaban J connectivity index is 1.57. The fourth-order valence-electron chi connectivity index (χ4n) is 3.22. The Morgan fingerprint density at radius 3 is 2.37 bits per heavy atom. The van der Waals surface area contributed by atoms with E-state index in [2.05, 4.69) is 5.32 Å². The van der Waals surface area contributed by atoms with Gasteiger partial charge in [0.05, 0.1) is 10.6 Å². The number of nitrogens with zero attached hydrogens (tertiary/aromatic N) is 1. The highest BCUT2D eigenvalue weighted by atomic mass is 35.5. The number of nitrogens with two attached hydrogens (primary N) is 1. The summed E-state index contributed by atoms with van der Waals surface area (Å²) < 4.78 is 26.5. The number of piperidine rings is 1. The van der Waals surface area contributed by atoms with Crippen molar-refractivity contribution in [2.75, 3.05) is 18.4 Å². The zero-order chi connectivity index (χ0) is 21.7. The molecule has 3 rings (SSSR count). The Bertz CT molecular complexity index is 1060. The third kappa shape index (κ3) is 5.47. The van der Waals surface area contributed by atoms with Gasteiger partial charge in [0, 0.05) is 30.1 Å². The largest absolute Gasteiger partial charge is 0.366 e. The topological polar surface area (TPSA) is 110 Å². The van der Waals surface area contributed by atoms with Crippen LogP contribution in [0.4, 0.5) is 5.69 Å². The molecule has 2 aromatic rings. The Morgan fingerprint density at radius 1 is 1.10 bits per heavy atom. The van der Waals surface area contributed by atoms with Gasteiger partial charge in [0.25, 0.3) is 0 Å². The number of carbonyl (C=O) groups excluding carboxylic acids is 2. The summed E-state index contributed by atoms with van der Waals surface area (Å²) in [5.74, 6) is -1.17. The summed E-state index contributed by atoms with van der Waals surface area (Å²) >= 11 is 6.00. The number of sulfonamides is 1. The number of amides is 2. The molecule has 0 aliphatic carbocycles. The molecule has 1 aliphatic heterocycles. The average Bonchev–Trinajstić information content (AvgIpc) is 2.73. The molecule has 0 radical (unpaired) electrons. The number of anilines is 1. The number of hydrogen-bond donors (Lipinski definition) is 2. The molecule has 0 aromatic heterocycles. The highest BCUT2D eigenvalue weighted by molar-refractivity contribution is 7.92. The fraction of sp³-hybridized carbons (Fsp3) is 0.238. The first kappa shape index (κ1) is 22.0. The Hall–Kier alpha value is -2.68. The van der Waals surface area contributed by atoms with Crippen LogP contribution in [0.2, 0.25) is 5.02 Å². The molecular weight excluding hydrogens is 426 g/mol. The van der Waals surface area contributed by atoms with Crippen molar-refractivity contribution in [1.29, 1.82) is 0 Å². The van der Waals surface area contributed by atoms with Gasteiger partial charge < -0.3 is 11.1 Å². The van der Waals surface area contributed by atoms with Gasteiger partial charge in [-0.15, -0.1) is 0 Å². The summed E-state index contributed by atoms with van der Waals surface area (Å²) in [4.78, 5) is 23.8. The summed E-state index contributed by atoms with van der Waals surface area (Å²) in [6.45, 7) is 0.530. The molecule has 1 aliphatic rings. The molecule has 30 heavy (non-hydrogen) atoms. The molecule has 0 bridgehead atoms. The molecule has 2 amide bonds. The SMILES string of the molecule is NC(=O)c1ccc(NC(=O)C2CCN(S(=O)(=O)/C=C/c3ccccc3)CC2)cc1Cl. The molecule has 1 fully saturated rings. The van der Waals surface area contributed by atoms with Crippen molar-refractivity contribution in [3.05, 3.63) is 70.1 Å². The Kier molecular flexibility index (Phi) is 6.91. The first-order valence-electron chi connectivity index (χ1n) is 9.40. The molecule has 9 heteroatoms. The molecule has 0 unspecified atom stereocenters. The minimum Gasteiger partial charge on any atom is -0.366 e. The summed E-state index contributed by atoms with van der Waals surface area (Å²) in [6, 6.07) is 13.7. The van der Waals surface area contributed by atoms with Crippen molar-refractivity contribution in [3.8, 4) is 0 Å². The second-order valence-corrected chi connectivity index (χ2v) is 9.21. The molecule has 1 heterocycles. The van der Waals surface area contributed by atoms with E-state index in [0.29, 0.717) is 18.5 Å². The zero-order valence-electron chi connectivity index (χ0n) is 16.1. The molecule has 7 nitrogen and oxygen atoms in total. The minimum atomic E-state index is -3.55. The van der Waals surface area contributed by atoms with Gasteiger partial charge in [-0.25, -0.2) is 8.42 Å². The van der Waals surface area contributed by atoms with Gasteiger partial charge in [0.2, 0.25) is 21.8 Å². The summed E-state index contributed by atoms with van der Waals surface area (Å²) in [5, 5.41) is 4.12. The Labute approximate surface area is 180 Å². The van der Waals surface area contributed by atoms with Crippen molar-refractivity contribution < 1.29 is 18.0 Å². The fourth-order valence-corrected chi connectivity index (χ4v) is 4.72. The van der Waals surface area contributed by atoms with Crippen LogP contribution in [-0.4, -0.2) is 37.6 Å². The second-order valence-electron chi connectivity index (χ2n) is 6.98. The highest BCUT2D eigenvalue weighted by Gasteiger charge is 2.30. The van der Waals surface area contributed by atoms with E-state index < -0.39 is 15.9 Å². The quantitative estimate of drug-likeness (QED) is 0.708. The molecule has 1 saturated heterocycles. The van der Waals surface area contributed by atoms with Crippen LogP contribution in [-0.2, 0) is 14.8 Å². The maximum absolute atomic E-state index is 12.5. The van der Waals surface area contributed by atoms with E-state index in [1.165, 1.54) is 21.8 Å². The van der Waals surface area contributed by atoms with E-state index in [4.69, 9.17) is 17.3 Å². The lowest BCUT2D eigenvalue weighted by molar-refractivity contribution is -0.120. The third-order valence-corrected chi connectivity index (χ3v) is 6.80. The molecule has 3 N–H and O–H groups in total. The number of halogens is 1. The molecule has 2 aromatic carbocycles. The van der Waals surface area contributed by atoms with Crippen LogP contribution in [0.1, 0.15) is 28.8 Å². The van der Waals surface area contributed by atoms with Crippen molar-refractivity contribution in [2.24, 2.45) is 11.7 Å². The van der Waals surface area contributed by atoms with Gasteiger partial charge in [-0.3, -0.25) is 9.59 Å². The predicted molar refractivity (Wildman–Crippen MR) is 117 cm³/mol. The predicted octanol–water partition coefficient (Wildman–Crippen LogP) is 3.09. The van der Waals surface area contributed by atoms with E-state index in [1.807, 2.05) is 30.3 Å². The summed E-state index contributed by atoms with van der Waals surface area (Å²) in [5.41, 5.74) is 6.65. The van der Waals surface area contributed by atoms with E-state index in [1.54, 1.807) is 12.1 Å². The smallest absolute Gasteiger partial charge is 0.250 e. The van der Waals surface area contributed by atoms with Gasteiger partial charge >= 0.3 is 0 Å². The van der Waals surface area contributed by atoms with Crippen LogP contribution in [0.5, 0.6) is 0 Å². The minimum absolute atomic E-state index is 0.159. The molecular formula is C21H22ClN3O4S. The number of benzene rings is 2. The second kappa shape index (κ2) is 9.42. The lowest BCUT2D eigenvalue weighted by Gasteiger charge is -2.29. The van der Waals surface area contributed by atoms with Crippen LogP contribution < -0.4 is 11.1 Å². The van der Waals surface area contributed by atoms with E-state index in [-0.39, 0.29) is 35.5 Å². The lowest BCUT2D eigenvalue weighted by Crippen LogP contribution is -2.40. The van der Waals surface area contributed by atoms with Crippen LogP contribution in [0.25, 0.3) is 6.08 Å². The highest BCUT2D eigenvalue weighted by Crippen LogP contribution is 2.24. The number of primary amides is 1. The lowest BCUT2D eigenvalue weighted by atomic mass is 9.97. The first-order chi connectivity index (χ1) is 14.3. The van der Waals surface area contributed by atoms with Gasteiger partial charge in [-0.2, -0.15) is 4.31 Å². The maximum atomic E-state index is 12.5. The van der Waals surface area contributed by atoms with E-state index in [9.17, 15) is 18.0 Å². The van der Waals surface area contributed by atoms with Crippen LogP contribution in [0, 0.1) is 5.92 Å². The van der Waals surface area contributed by atoms with Crippen LogP contribution >= 0.6 is 11.6 Å². The van der Waals surface area contributed by atoms with Gasteiger partial charge in [0.1, 0.15) is 0 Å². The van der Waals surface area contributed by atoms with Gasteiger partial charge in [-0.1, -0.05) is 41.9 Å². The maximum Gasteiger partial charge on any atom is 0.250 e. The Morgan fingerprint density at radius 2 is 1.77 bits per heavy atom. The third-order valence-electron chi connectivity index (χ3n) is 4.92. The van der Waals surface area contributed by atoms with Crippen molar-refractivity contribution in [3.63, 3.8) is 0 Å². The van der Waals surface area contributed by atoms with Crippen molar-refractivity contribution >= 4 is 45.2 Å². The molecule has 0 saturated carbocycles. The first-order valence-corrected chi connectivity index (χ1v) is 11.3. The standard InChI is InChI=1S/C21H22ClN3O4S/c22-19-14-17(6-7-18(19)20(23)26)24-21(27)16-8-11-25(12-9-16)30(28,29)13-10-15-4-2-1-3-5-15/h1-7,10,13-14,16H,8-9,11-12H2,(H2,23,26)(H,24,27)/b13-10+. The van der Waals surface area contributed by atoms with Gasteiger partial charge in [-0.05, 0) is 42.7 Å². The average molecular weight is 448 g/mol. The van der Waals surface area contributed by atoms with Crippen LogP contribution in [0.15, 0.2) is 53.9 Å². The van der Waals surface area contributed by atoms with E-state index in [0.717, 1.165) is 5.56 Å². The number of rotatable bonds is 6. The van der Waals surface area contributed by atoms with Crippen molar-refractivity contribution in [2.45, 2.75) is 12.8 Å². The molecule has 0 atom stereocenters. The zero-order valence-corrected chi connectivity index (χ0v) is 17.7. The molecule has 158 valence electrons. The van der Waals surface area contributed by atoms with Crippen LogP contribution in [0.3, 0.4) is 0 Å². The monoisotopic (exact) mass is 447 g/mol.